The molecular formula is C24H25N3O5S2. The molecule has 178 valence electrons. The molecule has 0 saturated carbocycles. The molecule has 0 aromatic heterocycles. The van der Waals surface area contributed by atoms with Crippen molar-refractivity contribution in [3.05, 3.63) is 90.0 Å². The summed E-state index contributed by atoms with van der Waals surface area (Å²) in [6.07, 6.45) is 1.41. The van der Waals surface area contributed by atoms with Gasteiger partial charge in [-0.15, -0.1) is 0 Å². The zero-order valence-electron chi connectivity index (χ0n) is 18.7. The standard InChI is InChI=1S/C24H25N3O5S2/c1-3-32-24-12-8-7-11-21(24)23-17-22(18-13-15-19(16-14-18)26-33(2,28)29)25-27(23)34(30,31)20-9-5-4-6-10-20/h4-16,23,26H,3,17H2,1-2H3/t23-/m1/s1. The minimum atomic E-state index is -3.94. The summed E-state index contributed by atoms with van der Waals surface area (Å²) in [5.74, 6) is 0.604. The first-order valence-corrected chi connectivity index (χ1v) is 14.0. The van der Waals surface area contributed by atoms with Gasteiger partial charge in [0.2, 0.25) is 10.0 Å². The van der Waals surface area contributed by atoms with Gasteiger partial charge in [0.25, 0.3) is 10.0 Å². The Bertz CT molecular complexity index is 1400. The molecule has 1 N–H and O–H groups in total. The maximum Gasteiger partial charge on any atom is 0.279 e. The molecular weight excluding hydrogens is 474 g/mol. The number of hydrazone groups is 1. The maximum atomic E-state index is 13.6. The van der Waals surface area contributed by atoms with Crippen LogP contribution < -0.4 is 9.46 Å². The molecule has 1 aliphatic heterocycles. The van der Waals surface area contributed by atoms with Crippen LogP contribution in [0.15, 0.2) is 88.9 Å². The summed E-state index contributed by atoms with van der Waals surface area (Å²) in [7, 11) is -7.35. The highest BCUT2D eigenvalue weighted by molar-refractivity contribution is 7.92. The summed E-state index contributed by atoms with van der Waals surface area (Å²) in [6, 6.07) is 21.6. The van der Waals surface area contributed by atoms with Gasteiger partial charge >= 0.3 is 0 Å². The lowest BCUT2D eigenvalue weighted by molar-refractivity contribution is 0.316. The third-order valence-electron chi connectivity index (χ3n) is 5.26. The van der Waals surface area contributed by atoms with Crippen LogP contribution in [0.1, 0.15) is 30.5 Å². The molecule has 1 atom stereocenters. The first-order valence-electron chi connectivity index (χ1n) is 10.7. The lowest BCUT2D eigenvalue weighted by atomic mass is 9.98. The lowest BCUT2D eigenvalue weighted by Gasteiger charge is -2.25. The molecule has 4 rings (SSSR count). The monoisotopic (exact) mass is 499 g/mol. The van der Waals surface area contributed by atoms with Crippen LogP contribution in [0.2, 0.25) is 0 Å². The zero-order valence-corrected chi connectivity index (χ0v) is 20.4. The van der Waals surface area contributed by atoms with E-state index in [-0.39, 0.29) is 4.90 Å². The van der Waals surface area contributed by atoms with Gasteiger partial charge in [-0.25, -0.2) is 8.42 Å². The fourth-order valence-corrected chi connectivity index (χ4v) is 5.81. The summed E-state index contributed by atoms with van der Waals surface area (Å²) in [4.78, 5) is 0.145. The van der Waals surface area contributed by atoms with Gasteiger partial charge in [-0.2, -0.15) is 17.9 Å². The average Bonchev–Trinajstić information content (AvgIpc) is 3.26. The number of nitrogens with zero attached hydrogens (tertiary/aromatic N) is 2. The van der Waals surface area contributed by atoms with Crippen molar-refractivity contribution in [3.8, 4) is 5.75 Å². The van der Waals surface area contributed by atoms with Crippen LogP contribution in [-0.4, -0.2) is 39.8 Å². The number of hydrogen-bond acceptors (Lipinski definition) is 6. The van der Waals surface area contributed by atoms with Crippen molar-refractivity contribution in [1.29, 1.82) is 0 Å². The fourth-order valence-electron chi connectivity index (χ4n) is 3.80. The summed E-state index contributed by atoms with van der Waals surface area (Å²) >= 11 is 0. The molecule has 0 fully saturated rings. The van der Waals surface area contributed by atoms with Gasteiger partial charge in [0.15, 0.2) is 0 Å². The zero-order chi connectivity index (χ0) is 24.3. The van der Waals surface area contributed by atoms with Crippen molar-refractivity contribution >= 4 is 31.4 Å². The number of benzene rings is 3. The normalized spacial score (nSPS) is 16.2. The van der Waals surface area contributed by atoms with E-state index in [4.69, 9.17) is 4.74 Å². The number of ether oxygens (including phenoxy) is 1. The Labute approximate surface area is 200 Å². The third-order valence-corrected chi connectivity index (χ3v) is 7.56. The molecule has 8 nitrogen and oxygen atoms in total. The van der Waals surface area contributed by atoms with Crippen molar-refractivity contribution in [3.63, 3.8) is 0 Å². The lowest BCUT2D eigenvalue weighted by Crippen LogP contribution is -2.27. The van der Waals surface area contributed by atoms with E-state index in [2.05, 4.69) is 9.82 Å². The molecule has 3 aromatic rings. The topological polar surface area (TPSA) is 105 Å². The first kappa shape index (κ1) is 23.8. The minimum absolute atomic E-state index is 0.145. The number of rotatable bonds is 8. The van der Waals surface area contributed by atoms with E-state index in [1.54, 1.807) is 54.6 Å². The number of anilines is 1. The molecule has 0 aliphatic carbocycles. The van der Waals surface area contributed by atoms with Crippen LogP contribution in [0.3, 0.4) is 0 Å². The molecule has 0 unspecified atom stereocenters. The van der Waals surface area contributed by atoms with E-state index in [1.165, 1.54) is 0 Å². The van der Waals surface area contributed by atoms with Crippen LogP contribution in [0.4, 0.5) is 5.69 Å². The highest BCUT2D eigenvalue weighted by Gasteiger charge is 2.39. The smallest absolute Gasteiger partial charge is 0.279 e. The summed E-state index contributed by atoms with van der Waals surface area (Å²) in [5.41, 5.74) is 2.40. The van der Waals surface area contributed by atoms with E-state index in [1.807, 2.05) is 31.2 Å². The van der Waals surface area contributed by atoms with E-state index >= 15 is 0 Å². The Kier molecular flexibility index (Phi) is 6.63. The van der Waals surface area contributed by atoms with Gasteiger partial charge in [0.1, 0.15) is 5.75 Å². The van der Waals surface area contributed by atoms with E-state index in [0.717, 1.165) is 16.2 Å². The van der Waals surface area contributed by atoms with Gasteiger partial charge < -0.3 is 4.74 Å². The molecule has 34 heavy (non-hydrogen) atoms. The Morgan fingerprint density at radius 3 is 2.24 bits per heavy atom. The summed E-state index contributed by atoms with van der Waals surface area (Å²) in [5, 5.41) is 4.54. The van der Waals surface area contributed by atoms with Crippen LogP contribution in [0.25, 0.3) is 0 Å². The second-order valence-corrected chi connectivity index (χ2v) is 11.3. The molecule has 0 amide bonds. The van der Waals surface area contributed by atoms with Crippen molar-refractivity contribution in [2.75, 3.05) is 17.6 Å². The molecule has 1 aliphatic rings. The molecule has 0 spiro atoms. The van der Waals surface area contributed by atoms with Crippen LogP contribution >= 0.6 is 0 Å². The first-order chi connectivity index (χ1) is 16.2. The minimum Gasteiger partial charge on any atom is -0.494 e. The molecule has 1 heterocycles. The van der Waals surface area contributed by atoms with Crippen LogP contribution in [0.5, 0.6) is 5.75 Å². The fraction of sp³-hybridized carbons (Fsp3) is 0.208. The number of sulfonamides is 2. The molecule has 3 aromatic carbocycles. The number of hydrogen-bond donors (Lipinski definition) is 1. The Hall–Kier alpha value is -3.37. The van der Waals surface area contributed by atoms with Gasteiger partial charge in [-0.3, -0.25) is 4.72 Å². The van der Waals surface area contributed by atoms with Crippen molar-refractivity contribution in [2.24, 2.45) is 5.10 Å². The second-order valence-electron chi connectivity index (χ2n) is 7.78. The molecule has 0 radical (unpaired) electrons. The summed E-state index contributed by atoms with van der Waals surface area (Å²) < 4.78 is 59.5. The Morgan fingerprint density at radius 1 is 0.941 bits per heavy atom. The van der Waals surface area contributed by atoms with Crippen molar-refractivity contribution in [2.45, 2.75) is 24.3 Å². The highest BCUT2D eigenvalue weighted by atomic mass is 32.2. The second kappa shape index (κ2) is 9.47. The van der Waals surface area contributed by atoms with E-state index in [9.17, 15) is 16.8 Å². The van der Waals surface area contributed by atoms with Crippen molar-refractivity contribution < 1.29 is 21.6 Å². The molecule has 0 bridgehead atoms. The molecule has 0 saturated heterocycles. The van der Waals surface area contributed by atoms with Gasteiger partial charge in [0.05, 0.1) is 29.5 Å². The van der Waals surface area contributed by atoms with Gasteiger partial charge in [-0.05, 0) is 42.8 Å². The summed E-state index contributed by atoms with van der Waals surface area (Å²) in [6.45, 7) is 2.32. The number of nitrogens with one attached hydrogen (secondary N) is 1. The van der Waals surface area contributed by atoms with E-state index in [0.29, 0.717) is 35.7 Å². The van der Waals surface area contributed by atoms with Crippen LogP contribution in [-0.2, 0) is 20.0 Å². The number of para-hydroxylation sites is 1. The van der Waals surface area contributed by atoms with Gasteiger partial charge in [0, 0.05) is 17.7 Å². The highest BCUT2D eigenvalue weighted by Crippen LogP contribution is 2.40. The SMILES string of the molecule is CCOc1ccccc1[C@H]1CC(c2ccc(NS(C)(=O)=O)cc2)=NN1S(=O)(=O)c1ccccc1. The largest absolute Gasteiger partial charge is 0.494 e. The quantitative estimate of drug-likeness (QED) is 0.504. The predicted octanol–water partition coefficient (Wildman–Crippen LogP) is 4.00. The van der Waals surface area contributed by atoms with Gasteiger partial charge in [-0.1, -0.05) is 48.5 Å². The molecule has 10 heteroatoms. The Morgan fingerprint density at radius 2 is 1.59 bits per heavy atom. The maximum absolute atomic E-state index is 13.6. The van der Waals surface area contributed by atoms with Crippen molar-refractivity contribution in [1.82, 2.24) is 4.41 Å². The average molecular weight is 500 g/mol. The van der Waals surface area contributed by atoms with E-state index < -0.39 is 26.1 Å². The Balaban J connectivity index is 1.76. The predicted molar refractivity (Wildman–Crippen MR) is 132 cm³/mol. The third kappa shape index (κ3) is 5.07. The van der Waals surface area contributed by atoms with Crippen LogP contribution in [0, 0.1) is 0 Å².